The van der Waals surface area contributed by atoms with Crippen molar-refractivity contribution in [3.8, 4) is 0 Å². The Morgan fingerprint density at radius 3 is 2.12 bits per heavy atom. The van der Waals surface area contributed by atoms with Crippen molar-refractivity contribution >= 4 is 30.9 Å². The largest absolute Gasteiger partial charge is 0.408 e. The highest BCUT2D eigenvalue weighted by atomic mass is 127. The summed E-state index contributed by atoms with van der Waals surface area (Å²) in [6.45, 7) is 13.0. The van der Waals surface area contributed by atoms with E-state index in [2.05, 4.69) is 67.0 Å². The predicted octanol–water partition coefficient (Wildman–Crippen LogP) is 5.68. The van der Waals surface area contributed by atoms with Crippen molar-refractivity contribution in [3.63, 3.8) is 0 Å². The van der Waals surface area contributed by atoms with Gasteiger partial charge in [-0.2, -0.15) is 0 Å². The summed E-state index contributed by atoms with van der Waals surface area (Å²) >= 11 is 2.26. The van der Waals surface area contributed by atoms with Crippen LogP contribution < -0.4 is 0 Å². The van der Waals surface area contributed by atoms with Crippen LogP contribution in [-0.4, -0.2) is 13.9 Å². The van der Waals surface area contributed by atoms with Crippen LogP contribution in [0.25, 0.3) is 0 Å². The van der Waals surface area contributed by atoms with E-state index in [4.69, 9.17) is 4.43 Å². The van der Waals surface area contributed by atoms with E-state index in [1.165, 1.54) is 18.1 Å². The zero-order chi connectivity index (χ0) is 13.4. The normalized spacial score (nSPS) is 16.1. The first-order valence-electron chi connectivity index (χ1n) is 6.60. The summed E-state index contributed by atoms with van der Waals surface area (Å²) in [5, 5.41) is 0. The van der Waals surface area contributed by atoms with Crippen molar-refractivity contribution in [3.05, 3.63) is 22.8 Å². The third-order valence-electron chi connectivity index (χ3n) is 3.71. The van der Waals surface area contributed by atoms with Crippen molar-refractivity contribution in [1.82, 2.24) is 0 Å². The van der Waals surface area contributed by atoms with E-state index in [-0.39, 0.29) is 5.60 Å². The molecule has 0 aliphatic carbocycles. The minimum absolute atomic E-state index is 0.148. The van der Waals surface area contributed by atoms with Crippen molar-refractivity contribution in [1.29, 1.82) is 0 Å². The summed E-state index contributed by atoms with van der Waals surface area (Å²) in [5.74, 6) is 0. The standard InChI is InChI=1S/C14H27IOSi/c1-6-14(5,12-10-11-13-15)16-17(7-2,8-3)9-4/h6,11,13H,1,7-10,12H2,2-5H3/b13-11+/t14-/m0/s1. The highest BCUT2D eigenvalue weighted by Crippen LogP contribution is 2.31. The number of allylic oxidation sites excluding steroid dienone is 1. The molecule has 0 radical (unpaired) electrons. The molecule has 3 heteroatoms. The van der Waals surface area contributed by atoms with Gasteiger partial charge in [0, 0.05) is 0 Å². The Labute approximate surface area is 122 Å². The van der Waals surface area contributed by atoms with Gasteiger partial charge >= 0.3 is 0 Å². The topological polar surface area (TPSA) is 9.23 Å². The zero-order valence-electron chi connectivity index (χ0n) is 11.8. The summed E-state index contributed by atoms with van der Waals surface area (Å²) in [4.78, 5) is 0. The van der Waals surface area contributed by atoms with E-state index in [9.17, 15) is 0 Å². The molecule has 0 saturated heterocycles. The van der Waals surface area contributed by atoms with Gasteiger partial charge in [0.15, 0.2) is 8.32 Å². The predicted molar refractivity (Wildman–Crippen MR) is 89.3 cm³/mol. The second kappa shape index (κ2) is 8.48. The summed E-state index contributed by atoms with van der Waals surface area (Å²) in [6.07, 6.45) is 6.29. The molecule has 1 atom stereocenters. The van der Waals surface area contributed by atoms with Crippen LogP contribution in [0.4, 0.5) is 0 Å². The quantitative estimate of drug-likeness (QED) is 0.290. The molecule has 0 amide bonds. The molecule has 0 N–H and O–H groups in total. The van der Waals surface area contributed by atoms with Gasteiger partial charge in [0.1, 0.15) is 0 Å². The Bertz CT molecular complexity index is 240. The number of rotatable bonds is 9. The monoisotopic (exact) mass is 366 g/mol. The van der Waals surface area contributed by atoms with Gasteiger partial charge in [-0.25, -0.2) is 0 Å². The van der Waals surface area contributed by atoms with Gasteiger partial charge in [-0.15, -0.1) is 6.58 Å². The minimum Gasteiger partial charge on any atom is -0.408 e. The molecule has 17 heavy (non-hydrogen) atoms. The molecular formula is C14H27IOSi. The molecule has 0 fully saturated rings. The molecule has 0 aromatic rings. The van der Waals surface area contributed by atoms with E-state index < -0.39 is 8.32 Å². The van der Waals surface area contributed by atoms with Crippen molar-refractivity contribution in [2.75, 3.05) is 0 Å². The fourth-order valence-corrected chi connectivity index (χ4v) is 5.56. The van der Waals surface area contributed by atoms with Crippen LogP contribution >= 0.6 is 22.6 Å². The summed E-state index contributed by atoms with van der Waals surface area (Å²) < 4.78 is 8.63. The molecule has 0 rings (SSSR count). The lowest BCUT2D eigenvalue weighted by Gasteiger charge is -2.38. The number of hydrogen-bond acceptors (Lipinski definition) is 1. The van der Waals surface area contributed by atoms with Gasteiger partial charge in [-0.3, -0.25) is 0 Å². The van der Waals surface area contributed by atoms with Gasteiger partial charge < -0.3 is 4.43 Å². The van der Waals surface area contributed by atoms with E-state index in [0.717, 1.165) is 12.8 Å². The fraction of sp³-hybridized carbons (Fsp3) is 0.714. The highest BCUT2D eigenvalue weighted by Gasteiger charge is 2.35. The maximum atomic E-state index is 6.55. The molecule has 0 saturated carbocycles. The van der Waals surface area contributed by atoms with Crippen molar-refractivity contribution in [2.45, 2.75) is 64.3 Å². The van der Waals surface area contributed by atoms with Gasteiger partial charge in [-0.05, 0) is 42.0 Å². The number of hydrogen-bond donors (Lipinski definition) is 0. The van der Waals surface area contributed by atoms with E-state index in [0.29, 0.717) is 0 Å². The second-order valence-corrected chi connectivity index (χ2v) is 10.2. The maximum absolute atomic E-state index is 6.55. The first-order valence-corrected chi connectivity index (χ1v) is 10.4. The van der Waals surface area contributed by atoms with E-state index in [1.54, 1.807) is 0 Å². The zero-order valence-corrected chi connectivity index (χ0v) is 14.9. The highest BCUT2D eigenvalue weighted by molar-refractivity contribution is 14.1. The van der Waals surface area contributed by atoms with Crippen LogP contribution in [0.1, 0.15) is 40.5 Å². The Kier molecular flexibility index (Phi) is 8.68. The molecule has 0 unspecified atom stereocenters. The lowest BCUT2D eigenvalue weighted by Crippen LogP contribution is -2.44. The van der Waals surface area contributed by atoms with E-state index >= 15 is 0 Å². The van der Waals surface area contributed by atoms with Gasteiger partial charge in [0.2, 0.25) is 0 Å². The third kappa shape index (κ3) is 5.70. The average molecular weight is 366 g/mol. The summed E-state index contributed by atoms with van der Waals surface area (Å²) in [7, 11) is -1.53. The van der Waals surface area contributed by atoms with Crippen molar-refractivity contribution < 1.29 is 4.43 Å². The third-order valence-corrected chi connectivity index (χ3v) is 8.98. The molecule has 1 nitrogen and oxygen atoms in total. The van der Waals surface area contributed by atoms with Crippen LogP contribution in [0, 0.1) is 0 Å². The molecule has 0 heterocycles. The molecule has 0 aliphatic rings. The Morgan fingerprint density at radius 2 is 1.76 bits per heavy atom. The van der Waals surface area contributed by atoms with Crippen molar-refractivity contribution in [2.24, 2.45) is 0 Å². The Balaban J connectivity index is 4.68. The van der Waals surface area contributed by atoms with E-state index in [1.807, 2.05) is 6.08 Å². The van der Waals surface area contributed by atoms with Gasteiger partial charge in [0.05, 0.1) is 5.60 Å². The molecule has 0 bridgehead atoms. The lowest BCUT2D eigenvalue weighted by atomic mass is 10.0. The lowest BCUT2D eigenvalue weighted by molar-refractivity contribution is 0.117. The summed E-state index contributed by atoms with van der Waals surface area (Å²) in [6, 6.07) is 3.60. The average Bonchev–Trinajstić information content (AvgIpc) is 2.37. The molecular weight excluding hydrogens is 339 g/mol. The molecule has 100 valence electrons. The maximum Gasteiger partial charge on any atom is 0.193 e. The molecule has 0 spiro atoms. The Morgan fingerprint density at radius 1 is 1.24 bits per heavy atom. The molecule has 0 aromatic heterocycles. The van der Waals surface area contributed by atoms with Crippen LogP contribution in [0.15, 0.2) is 22.8 Å². The number of halogens is 1. The summed E-state index contributed by atoms with van der Waals surface area (Å²) in [5.41, 5.74) is -0.148. The second-order valence-electron chi connectivity index (χ2n) is 4.76. The smallest absolute Gasteiger partial charge is 0.193 e. The first-order chi connectivity index (χ1) is 8.01. The van der Waals surface area contributed by atoms with Crippen LogP contribution in [0.2, 0.25) is 18.1 Å². The minimum atomic E-state index is -1.53. The Hall–Kier alpha value is 0.387. The molecule has 0 aromatic carbocycles. The van der Waals surface area contributed by atoms with Crippen LogP contribution in [-0.2, 0) is 4.43 Å². The fourth-order valence-electron chi connectivity index (χ4n) is 2.09. The van der Waals surface area contributed by atoms with Crippen LogP contribution in [0.3, 0.4) is 0 Å². The van der Waals surface area contributed by atoms with Gasteiger partial charge in [0.25, 0.3) is 0 Å². The van der Waals surface area contributed by atoms with Crippen LogP contribution in [0.5, 0.6) is 0 Å². The van der Waals surface area contributed by atoms with Gasteiger partial charge in [-0.1, -0.05) is 55.5 Å². The SMILES string of the molecule is C=C[C@@](C)(CC/C=C/I)O[Si](CC)(CC)CC. The molecule has 0 aliphatic heterocycles. The first kappa shape index (κ1) is 17.4.